The van der Waals surface area contributed by atoms with Crippen molar-refractivity contribution in [1.29, 1.82) is 0 Å². The number of rotatable bonds is 4. The molecular weight excluding hydrogens is 347 g/mol. The predicted molar refractivity (Wildman–Crippen MR) is 102 cm³/mol. The van der Waals surface area contributed by atoms with Crippen molar-refractivity contribution in [3.8, 4) is 11.6 Å². The lowest BCUT2D eigenvalue weighted by Gasteiger charge is -2.37. The minimum absolute atomic E-state index is 0.229. The minimum atomic E-state index is -0.229. The standard InChI is InChI=1S/C19H19FN6O/c20-14-3-5-15(6-4-14)25-8-10-26(11-9-25)18-17(21)19(24-13-23-18)27-16-2-1-7-22-12-16/h1-7,12-13H,8-11,21H2. The lowest BCUT2D eigenvalue weighted by atomic mass is 10.2. The molecule has 1 saturated heterocycles. The van der Waals surface area contributed by atoms with Gasteiger partial charge in [0.1, 0.15) is 23.6 Å². The van der Waals surface area contributed by atoms with Gasteiger partial charge in [0.2, 0.25) is 5.88 Å². The van der Waals surface area contributed by atoms with Crippen LogP contribution in [0.15, 0.2) is 55.1 Å². The Morgan fingerprint density at radius 1 is 0.963 bits per heavy atom. The normalized spacial score (nSPS) is 14.3. The molecule has 2 N–H and O–H groups in total. The number of piperazine rings is 1. The molecule has 4 rings (SSSR count). The van der Waals surface area contributed by atoms with Crippen molar-refractivity contribution >= 4 is 17.2 Å². The van der Waals surface area contributed by atoms with Gasteiger partial charge in [0.05, 0.1) is 6.20 Å². The van der Waals surface area contributed by atoms with Crippen LogP contribution in [-0.2, 0) is 0 Å². The number of benzene rings is 1. The molecule has 27 heavy (non-hydrogen) atoms. The minimum Gasteiger partial charge on any atom is -0.435 e. The highest BCUT2D eigenvalue weighted by Crippen LogP contribution is 2.31. The number of nitrogens with two attached hydrogens (primary N) is 1. The molecule has 0 amide bonds. The second kappa shape index (κ2) is 7.45. The average molecular weight is 366 g/mol. The van der Waals surface area contributed by atoms with E-state index >= 15 is 0 Å². The van der Waals surface area contributed by atoms with E-state index in [4.69, 9.17) is 10.5 Å². The number of nitrogen functional groups attached to an aromatic ring is 1. The maximum atomic E-state index is 13.1. The Bertz CT molecular complexity index is 898. The molecule has 2 aromatic heterocycles. The van der Waals surface area contributed by atoms with Gasteiger partial charge in [-0.3, -0.25) is 4.98 Å². The summed E-state index contributed by atoms with van der Waals surface area (Å²) in [5.74, 6) is 1.30. The van der Waals surface area contributed by atoms with Gasteiger partial charge < -0.3 is 20.3 Å². The van der Waals surface area contributed by atoms with Gasteiger partial charge in [0.25, 0.3) is 0 Å². The molecule has 1 aliphatic heterocycles. The Labute approximate surface area is 156 Å². The average Bonchev–Trinajstić information content (AvgIpc) is 2.71. The van der Waals surface area contributed by atoms with Crippen molar-refractivity contribution in [3.05, 3.63) is 60.9 Å². The Morgan fingerprint density at radius 3 is 2.41 bits per heavy atom. The molecule has 3 heterocycles. The molecule has 1 aliphatic rings. The van der Waals surface area contributed by atoms with E-state index in [0.29, 0.717) is 23.1 Å². The van der Waals surface area contributed by atoms with Gasteiger partial charge in [-0.2, -0.15) is 4.98 Å². The number of aromatic nitrogens is 3. The van der Waals surface area contributed by atoms with Crippen molar-refractivity contribution < 1.29 is 9.13 Å². The largest absolute Gasteiger partial charge is 0.435 e. The van der Waals surface area contributed by atoms with E-state index < -0.39 is 0 Å². The van der Waals surface area contributed by atoms with Crippen LogP contribution in [0.1, 0.15) is 0 Å². The van der Waals surface area contributed by atoms with Crippen LogP contribution in [0.4, 0.5) is 21.6 Å². The topological polar surface area (TPSA) is 80.4 Å². The number of pyridine rings is 1. The van der Waals surface area contributed by atoms with Crippen LogP contribution in [-0.4, -0.2) is 41.1 Å². The second-order valence-corrected chi connectivity index (χ2v) is 6.16. The van der Waals surface area contributed by atoms with E-state index in [-0.39, 0.29) is 5.82 Å². The molecule has 3 aromatic rings. The summed E-state index contributed by atoms with van der Waals surface area (Å²) in [7, 11) is 0. The number of anilines is 3. The maximum Gasteiger partial charge on any atom is 0.248 e. The Morgan fingerprint density at radius 2 is 1.70 bits per heavy atom. The molecule has 0 spiro atoms. The molecule has 0 aliphatic carbocycles. The molecule has 8 heteroatoms. The number of halogens is 1. The van der Waals surface area contributed by atoms with E-state index in [1.54, 1.807) is 36.7 Å². The zero-order valence-corrected chi connectivity index (χ0v) is 14.6. The van der Waals surface area contributed by atoms with Gasteiger partial charge in [-0.1, -0.05) is 0 Å². The fourth-order valence-electron chi connectivity index (χ4n) is 3.05. The second-order valence-electron chi connectivity index (χ2n) is 6.16. The third-order valence-electron chi connectivity index (χ3n) is 4.45. The number of nitrogens with zero attached hydrogens (tertiary/aromatic N) is 5. The van der Waals surface area contributed by atoms with Gasteiger partial charge in [-0.05, 0) is 36.4 Å². The summed E-state index contributed by atoms with van der Waals surface area (Å²) in [6.45, 7) is 3.05. The monoisotopic (exact) mass is 366 g/mol. The van der Waals surface area contributed by atoms with Crippen molar-refractivity contribution in [2.45, 2.75) is 0 Å². The van der Waals surface area contributed by atoms with Gasteiger partial charge in [0.15, 0.2) is 5.82 Å². The molecule has 0 atom stereocenters. The summed E-state index contributed by atoms with van der Waals surface area (Å²) in [6, 6.07) is 10.1. The van der Waals surface area contributed by atoms with E-state index in [2.05, 4.69) is 24.8 Å². The van der Waals surface area contributed by atoms with Gasteiger partial charge in [0, 0.05) is 38.1 Å². The summed E-state index contributed by atoms with van der Waals surface area (Å²) in [5.41, 5.74) is 7.66. The van der Waals surface area contributed by atoms with Crippen LogP contribution in [0, 0.1) is 5.82 Å². The molecule has 0 saturated carbocycles. The highest BCUT2D eigenvalue weighted by molar-refractivity contribution is 5.68. The van der Waals surface area contributed by atoms with E-state index in [0.717, 1.165) is 31.9 Å². The van der Waals surface area contributed by atoms with Crippen LogP contribution in [0.5, 0.6) is 11.6 Å². The van der Waals surface area contributed by atoms with Crippen molar-refractivity contribution in [1.82, 2.24) is 15.0 Å². The summed E-state index contributed by atoms with van der Waals surface area (Å²) < 4.78 is 18.8. The zero-order valence-electron chi connectivity index (χ0n) is 14.6. The van der Waals surface area contributed by atoms with Crippen LogP contribution >= 0.6 is 0 Å². The number of hydrogen-bond acceptors (Lipinski definition) is 7. The molecule has 1 aromatic carbocycles. The molecule has 138 valence electrons. The first-order chi connectivity index (χ1) is 13.2. The summed E-state index contributed by atoms with van der Waals surface area (Å²) in [6.07, 6.45) is 4.72. The van der Waals surface area contributed by atoms with Gasteiger partial charge in [-0.15, -0.1) is 0 Å². The van der Waals surface area contributed by atoms with Crippen LogP contribution in [0.25, 0.3) is 0 Å². The smallest absolute Gasteiger partial charge is 0.248 e. The highest BCUT2D eigenvalue weighted by atomic mass is 19.1. The van der Waals surface area contributed by atoms with Crippen LogP contribution < -0.4 is 20.3 Å². The quantitative estimate of drug-likeness (QED) is 0.760. The predicted octanol–water partition coefficient (Wildman–Crippen LogP) is 2.71. The molecule has 1 fully saturated rings. The first kappa shape index (κ1) is 17.0. The number of ether oxygens (including phenoxy) is 1. The first-order valence-corrected chi connectivity index (χ1v) is 8.64. The van der Waals surface area contributed by atoms with E-state index in [9.17, 15) is 4.39 Å². The molecule has 7 nitrogen and oxygen atoms in total. The van der Waals surface area contributed by atoms with Gasteiger partial charge in [-0.25, -0.2) is 9.37 Å². The van der Waals surface area contributed by atoms with Crippen molar-refractivity contribution in [2.75, 3.05) is 41.7 Å². The molecule has 0 unspecified atom stereocenters. The van der Waals surface area contributed by atoms with E-state index in [1.165, 1.54) is 18.5 Å². The fraction of sp³-hybridized carbons (Fsp3) is 0.211. The Hall–Kier alpha value is -3.42. The summed E-state index contributed by atoms with van der Waals surface area (Å²) in [5, 5.41) is 0. The molecule has 0 bridgehead atoms. The maximum absolute atomic E-state index is 13.1. The van der Waals surface area contributed by atoms with Crippen LogP contribution in [0.3, 0.4) is 0 Å². The molecule has 0 radical (unpaired) electrons. The van der Waals surface area contributed by atoms with Gasteiger partial charge >= 0.3 is 0 Å². The Balaban J connectivity index is 1.46. The zero-order chi connectivity index (χ0) is 18.6. The number of hydrogen-bond donors (Lipinski definition) is 1. The summed E-state index contributed by atoms with van der Waals surface area (Å²) >= 11 is 0. The highest BCUT2D eigenvalue weighted by Gasteiger charge is 2.22. The fourth-order valence-corrected chi connectivity index (χ4v) is 3.05. The lowest BCUT2D eigenvalue weighted by molar-refractivity contribution is 0.461. The first-order valence-electron chi connectivity index (χ1n) is 8.64. The van der Waals surface area contributed by atoms with Crippen LogP contribution in [0.2, 0.25) is 0 Å². The lowest BCUT2D eigenvalue weighted by Crippen LogP contribution is -2.47. The third-order valence-corrected chi connectivity index (χ3v) is 4.45. The Kier molecular flexibility index (Phi) is 4.69. The third kappa shape index (κ3) is 3.74. The van der Waals surface area contributed by atoms with Crippen molar-refractivity contribution in [3.63, 3.8) is 0 Å². The van der Waals surface area contributed by atoms with Crippen molar-refractivity contribution in [2.24, 2.45) is 0 Å². The van der Waals surface area contributed by atoms with E-state index in [1.807, 2.05) is 0 Å². The molecular formula is C19H19FN6O. The SMILES string of the molecule is Nc1c(Oc2cccnc2)ncnc1N1CCN(c2ccc(F)cc2)CC1. The summed E-state index contributed by atoms with van der Waals surface area (Å²) in [4.78, 5) is 16.8.